The van der Waals surface area contributed by atoms with Crippen molar-refractivity contribution in [1.29, 1.82) is 0 Å². The standard InChI is InChI=1S/C8H13F/c1-2-6-3-8(4-6)5-7(8)9/h6-7H,2-5H2,1H3. The average molecular weight is 128 g/mol. The molecule has 0 aliphatic heterocycles. The summed E-state index contributed by atoms with van der Waals surface area (Å²) in [4.78, 5) is 0. The normalized spacial score (nSPS) is 55.3. The van der Waals surface area contributed by atoms with Crippen LogP contribution in [0.15, 0.2) is 0 Å². The molecule has 0 radical (unpaired) electrons. The summed E-state index contributed by atoms with van der Waals surface area (Å²) in [6.45, 7) is 2.20. The molecule has 0 heterocycles. The van der Waals surface area contributed by atoms with Gasteiger partial charge in [-0.15, -0.1) is 0 Å². The summed E-state index contributed by atoms with van der Waals surface area (Å²) >= 11 is 0. The molecule has 2 saturated carbocycles. The SMILES string of the molecule is CCC1CC2(C1)CC2F. The van der Waals surface area contributed by atoms with Gasteiger partial charge in [0, 0.05) is 5.41 Å². The smallest absolute Gasteiger partial charge is 0.106 e. The third-order valence-corrected chi connectivity index (χ3v) is 3.06. The van der Waals surface area contributed by atoms with Crippen LogP contribution in [0.5, 0.6) is 0 Å². The lowest BCUT2D eigenvalue weighted by Crippen LogP contribution is -2.26. The maximum Gasteiger partial charge on any atom is 0.106 e. The second kappa shape index (κ2) is 1.50. The molecule has 0 aromatic carbocycles. The van der Waals surface area contributed by atoms with Crippen LogP contribution in [0.2, 0.25) is 0 Å². The Bertz CT molecular complexity index is 125. The van der Waals surface area contributed by atoms with Gasteiger partial charge in [0.25, 0.3) is 0 Å². The first-order valence-corrected chi connectivity index (χ1v) is 3.91. The van der Waals surface area contributed by atoms with Crippen molar-refractivity contribution >= 4 is 0 Å². The van der Waals surface area contributed by atoms with Crippen molar-refractivity contribution in [3.63, 3.8) is 0 Å². The summed E-state index contributed by atoms with van der Waals surface area (Å²) in [7, 11) is 0. The van der Waals surface area contributed by atoms with Crippen molar-refractivity contribution in [2.75, 3.05) is 0 Å². The van der Waals surface area contributed by atoms with Gasteiger partial charge in [0.05, 0.1) is 0 Å². The minimum absolute atomic E-state index is 0.237. The van der Waals surface area contributed by atoms with Gasteiger partial charge in [-0.05, 0) is 25.2 Å². The third kappa shape index (κ3) is 0.637. The van der Waals surface area contributed by atoms with Crippen molar-refractivity contribution in [1.82, 2.24) is 0 Å². The van der Waals surface area contributed by atoms with E-state index in [2.05, 4.69) is 6.92 Å². The van der Waals surface area contributed by atoms with Gasteiger partial charge < -0.3 is 0 Å². The molecule has 2 rings (SSSR count). The van der Waals surface area contributed by atoms with E-state index in [-0.39, 0.29) is 5.41 Å². The van der Waals surface area contributed by atoms with E-state index in [0.717, 1.165) is 12.3 Å². The van der Waals surface area contributed by atoms with Crippen molar-refractivity contribution in [2.45, 2.75) is 38.8 Å². The topological polar surface area (TPSA) is 0 Å². The maximum atomic E-state index is 12.5. The Hall–Kier alpha value is -0.0700. The van der Waals surface area contributed by atoms with Gasteiger partial charge in [0.1, 0.15) is 6.17 Å². The molecule has 52 valence electrons. The summed E-state index contributed by atoms with van der Waals surface area (Å²) in [5.41, 5.74) is 0.237. The molecule has 0 aromatic heterocycles. The second-order valence-corrected chi connectivity index (χ2v) is 3.72. The molecule has 0 saturated heterocycles. The molecule has 0 nitrogen and oxygen atoms in total. The Labute approximate surface area is 55.4 Å². The Morgan fingerprint density at radius 3 is 2.33 bits per heavy atom. The lowest BCUT2D eigenvalue weighted by molar-refractivity contribution is 0.131. The predicted molar refractivity (Wildman–Crippen MR) is 35.0 cm³/mol. The lowest BCUT2D eigenvalue weighted by atomic mass is 9.70. The highest BCUT2D eigenvalue weighted by Gasteiger charge is 2.61. The average Bonchev–Trinajstić information content (AvgIpc) is 2.37. The van der Waals surface area contributed by atoms with Gasteiger partial charge >= 0.3 is 0 Å². The van der Waals surface area contributed by atoms with E-state index < -0.39 is 6.17 Å². The molecule has 0 N–H and O–H groups in total. The van der Waals surface area contributed by atoms with Gasteiger partial charge in [-0.3, -0.25) is 0 Å². The van der Waals surface area contributed by atoms with Gasteiger partial charge in [-0.2, -0.15) is 0 Å². The fourth-order valence-corrected chi connectivity index (χ4v) is 2.10. The highest BCUT2D eigenvalue weighted by atomic mass is 19.1. The number of hydrogen-bond donors (Lipinski definition) is 0. The Kier molecular flexibility index (Phi) is 0.950. The Morgan fingerprint density at radius 2 is 2.00 bits per heavy atom. The number of rotatable bonds is 1. The largest absolute Gasteiger partial charge is 0.247 e. The van der Waals surface area contributed by atoms with Crippen LogP contribution in [0.3, 0.4) is 0 Å². The molecule has 1 unspecified atom stereocenters. The van der Waals surface area contributed by atoms with Crippen LogP contribution in [-0.4, -0.2) is 6.17 Å². The fourth-order valence-electron chi connectivity index (χ4n) is 2.10. The summed E-state index contributed by atoms with van der Waals surface area (Å²) in [5.74, 6) is 0.866. The van der Waals surface area contributed by atoms with Crippen molar-refractivity contribution in [3.05, 3.63) is 0 Å². The molecule has 1 atom stereocenters. The van der Waals surface area contributed by atoms with E-state index in [9.17, 15) is 4.39 Å². The van der Waals surface area contributed by atoms with Crippen LogP contribution < -0.4 is 0 Å². The van der Waals surface area contributed by atoms with Gasteiger partial charge in [0.15, 0.2) is 0 Å². The van der Waals surface area contributed by atoms with Crippen molar-refractivity contribution < 1.29 is 4.39 Å². The summed E-state index contributed by atoms with van der Waals surface area (Å²) in [5, 5.41) is 0. The molecule has 0 aromatic rings. The zero-order valence-corrected chi connectivity index (χ0v) is 5.86. The number of alkyl halides is 1. The zero-order valence-electron chi connectivity index (χ0n) is 5.86. The van der Waals surface area contributed by atoms with Crippen LogP contribution in [0, 0.1) is 11.3 Å². The first-order chi connectivity index (χ1) is 4.27. The molecule has 0 bridgehead atoms. The van der Waals surface area contributed by atoms with E-state index in [1.54, 1.807) is 0 Å². The highest BCUT2D eigenvalue weighted by Crippen LogP contribution is 2.65. The van der Waals surface area contributed by atoms with Crippen LogP contribution in [0.1, 0.15) is 32.6 Å². The number of hydrogen-bond acceptors (Lipinski definition) is 0. The van der Waals surface area contributed by atoms with Gasteiger partial charge in [-0.25, -0.2) is 4.39 Å². The Balaban J connectivity index is 1.85. The molecule has 2 aliphatic rings. The predicted octanol–water partition coefficient (Wildman–Crippen LogP) is 2.53. The van der Waals surface area contributed by atoms with Crippen LogP contribution in [-0.2, 0) is 0 Å². The van der Waals surface area contributed by atoms with E-state index in [4.69, 9.17) is 0 Å². The molecule has 9 heavy (non-hydrogen) atoms. The molecule has 1 spiro atoms. The quantitative estimate of drug-likeness (QED) is 0.509. The van der Waals surface area contributed by atoms with E-state index in [0.29, 0.717) is 0 Å². The van der Waals surface area contributed by atoms with Crippen LogP contribution in [0.25, 0.3) is 0 Å². The first-order valence-electron chi connectivity index (χ1n) is 3.91. The molecule has 1 heteroatoms. The Morgan fingerprint density at radius 1 is 1.44 bits per heavy atom. The number of halogens is 1. The van der Waals surface area contributed by atoms with Crippen LogP contribution >= 0.6 is 0 Å². The van der Waals surface area contributed by atoms with E-state index >= 15 is 0 Å². The second-order valence-electron chi connectivity index (χ2n) is 3.72. The van der Waals surface area contributed by atoms with Crippen LogP contribution in [0.4, 0.5) is 4.39 Å². The monoisotopic (exact) mass is 128 g/mol. The summed E-state index contributed by atoms with van der Waals surface area (Å²) in [6, 6.07) is 0. The fraction of sp³-hybridized carbons (Fsp3) is 1.00. The first kappa shape index (κ1) is 5.70. The minimum atomic E-state index is -0.416. The molecule has 0 amide bonds. The molecular weight excluding hydrogens is 115 g/mol. The van der Waals surface area contributed by atoms with E-state index in [1.807, 2.05) is 0 Å². The molecule has 2 aliphatic carbocycles. The van der Waals surface area contributed by atoms with Crippen molar-refractivity contribution in [2.24, 2.45) is 11.3 Å². The maximum absolute atomic E-state index is 12.5. The highest BCUT2D eigenvalue weighted by molar-refractivity contribution is 5.11. The summed E-state index contributed by atoms with van der Waals surface area (Å²) < 4.78 is 12.5. The molecule has 2 fully saturated rings. The van der Waals surface area contributed by atoms with E-state index in [1.165, 1.54) is 19.3 Å². The minimum Gasteiger partial charge on any atom is -0.247 e. The third-order valence-electron chi connectivity index (χ3n) is 3.06. The zero-order chi connectivity index (χ0) is 6.48. The van der Waals surface area contributed by atoms with Gasteiger partial charge in [0.2, 0.25) is 0 Å². The van der Waals surface area contributed by atoms with Gasteiger partial charge in [-0.1, -0.05) is 13.3 Å². The summed E-state index contributed by atoms with van der Waals surface area (Å²) in [6.07, 6.45) is 4.09. The lowest BCUT2D eigenvalue weighted by Gasteiger charge is -2.34. The van der Waals surface area contributed by atoms with Crippen molar-refractivity contribution in [3.8, 4) is 0 Å². The molecular formula is C8H13F.